The molecule has 1 unspecified atom stereocenters. The molecular formula is C11H15NO4S. The zero-order chi connectivity index (χ0) is 13.1. The van der Waals surface area contributed by atoms with Crippen LogP contribution in [0.25, 0.3) is 0 Å². The molecule has 1 aromatic rings. The Kier molecular flexibility index (Phi) is 4.25. The monoisotopic (exact) mass is 257 g/mol. The van der Waals surface area contributed by atoms with Gasteiger partial charge in [0.05, 0.1) is 18.0 Å². The van der Waals surface area contributed by atoms with Gasteiger partial charge in [-0.2, -0.15) is 0 Å². The van der Waals surface area contributed by atoms with Crippen molar-refractivity contribution in [2.45, 2.75) is 24.8 Å². The molecule has 0 aliphatic rings. The quantitative estimate of drug-likeness (QED) is 0.852. The minimum atomic E-state index is -3.66. The minimum Gasteiger partial charge on any atom is -0.497 e. The summed E-state index contributed by atoms with van der Waals surface area (Å²) in [6, 6.07) is 5.21. The number of rotatable bonds is 5. The molecule has 1 N–H and O–H groups in total. The molecule has 0 bridgehead atoms. The SMILES string of the molecule is COc1ccc(S(=O)(=O)NC(C)C(C)=O)cc1. The highest BCUT2D eigenvalue weighted by Gasteiger charge is 2.19. The van der Waals surface area contributed by atoms with Crippen LogP contribution in [0, 0.1) is 0 Å². The van der Waals surface area contributed by atoms with Gasteiger partial charge in [-0.1, -0.05) is 0 Å². The van der Waals surface area contributed by atoms with Crippen molar-refractivity contribution < 1.29 is 17.9 Å². The summed E-state index contributed by atoms with van der Waals surface area (Å²) >= 11 is 0. The fraction of sp³-hybridized carbons (Fsp3) is 0.364. The summed E-state index contributed by atoms with van der Waals surface area (Å²) in [4.78, 5) is 11.1. The molecule has 6 heteroatoms. The number of carbonyl (C=O) groups excluding carboxylic acids is 1. The van der Waals surface area contributed by atoms with Crippen molar-refractivity contribution in [3.8, 4) is 5.75 Å². The first-order chi connectivity index (χ1) is 7.86. The summed E-state index contributed by atoms with van der Waals surface area (Å²) in [6.45, 7) is 2.84. The number of sulfonamides is 1. The first-order valence-electron chi connectivity index (χ1n) is 5.03. The third-order valence-corrected chi connectivity index (χ3v) is 3.87. The van der Waals surface area contributed by atoms with Gasteiger partial charge in [0, 0.05) is 0 Å². The number of hydrogen-bond acceptors (Lipinski definition) is 4. The van der Waals surface area contributed by atoms with Crippen LogP contribution in [-0.2, 0) is 14.8 Å². The van der Waals surface area contributed by atoms with Gasteiger partial charge in [-0.15, -0.1) is 0 Å². The Morgan fingerprint density at radius 2 is 1.82 bits per heavy atom. The van der Waals surface area contributed by atoms with Gasteiger partial charge in [-0.25, -0.2) is 13.1 Å². The topological polar surface area (TPSA) is 72.5 Å². The van der Waals surface area contributed by atoms with Crippen LogP contribution in [0.5, 0.6) is 5.75 Å². The Balaban J connectivity index is 2.93. The van der Waals surface area contributed by atoms with Crippen molar-refractivity contribution in [2.75, 3.05) is 7.11 Å². The predicted molar refractivity (Wildman–Crippen MR) is 63.5 cm³/mol. The van der Waals surface area contributed by atoms with E-state index < -0.39 is 16.1 Å². The van der Waals surface area contributed by atoms with Crippen molar-refractivity contribution in [3.05, 3.63) is 24.3 Å². The van der Waals surface area contributed by atoms with Gasteiger partial charge in [0.1, 0.15) is 11.5 Å². The van der Waals surface area contributed by atoms with E-state index in [9.17, 15) is 13.2 Å². The molecular weight excluding hydrogens is 242 g/mol. The minimum absolute atomic E-state index is 0.103. The Hall–Kier alpha value is -1.40. The molecule has 94 valence electrons. The van der Waals surface area contributed by atoms with Crippen LogP contribution >= 0.6 is 0 Å². The van der Waals surface area contributed by atoms with E-state index in [1.807, 2.05) is 0 Å². The average molecular weight is 257 g/mol. The highest BCUT2D eigenvalue weighted by molar-refractivity contribution is 7.89. The number of Topliss-reactive ketones (excluding diaryl/α,β-unsaturated/α-hetero) is 1. The largest absolute Gasteiger partial charge is 0.497 e. The second-order valence-electron chi connectivity index (χ2n) is 3.63. The number of methoxy groups -OCH3 is 1. The van der Waals surface area contributed by atoms with Gasteiger partial charge in [0.15, 0.2) is 0 Å². The van der Waals surface area contributed by atoms with Crippen LogP contribution in [0.1, 0.15) is 13.8 Å². The molecule has 1 rings (SSSR count). The fourth-order valence-corrected chi connectivity index (χ4v) is 2.40. The summed E-state index contributed by atoms with van der Waals surface area (Å²) in [6.07, 6.45) is 0. The van der Waals surface area contributed by atoms with Crippen LogP contribution < -0.4 is 9.46 Å². The van der Waals surface area contributed by atoms with Crippen molar-refractivity contribution >= 4 is 15.8 Å². The van der Waals surface area contributed by atoms with Crippen molar-refractivity contribution in [2.24, 2.45) is 0 Å². The van der Waals surface area contributed by atoms with Crippen LogP contribution in [0.3, 0.4) is 0 Å². The van der Waals surface area contributed by atoms with E-state index in [4.69, 9.17) is 4.74 Å². The predicted octanol–water partition coefficient (Wildman–Crippen LogP) is 0.951. The highest BCUT2D eigenvalue weighted by atomic mass is 32.2. The number of nitrogens with one attached hydrogen (secondary N) is 1. The van der Waals surface area contributed by atoms with E-state index in [-0.39, 0.29) is 10.7 Å². The lowest BCUT2D eigenvalue weighted by molar-refractivity contribution is -0.118. The van der Waals surface area contributed by atoms with Gasteiger partial charge in [0.25, 0.3) is 0 Å². The van der Waals surface area contributed by atoms with Gasteiger partial charge >= 0.3 is 0 Å². The van der Waals surface area contributed by atoms with Crippen LogP contribution in [0.4, 0.5) is 0 Å². The molecule has 1 aromatic carbocycles. The number of benzene rings is 1. The lowest BCUT2D eigenvalue weighted by Gasteiger charge is -2.11. The van der Waals surface area contributed by atoms with Gasteiger partial charge < -0.3 is 4.74 Å². The average Bonchev–Trinajstić information content (AvgIpc) is 2.28. The lowest BCUT2D eigenvalue weighted by Crippen LogP contribution is -2.37. The number of ketones is 1. The van der Waals surface area contributed by atoms with Gasteiger partial charge in [0.2, 0.25) is 10.0 Å². The van der Waals surface area contributed by atoms with Crippen molar-refractivity contribution in [1.82, 2.24) is 4.72 Å². The summed E-state index contributed by atoms with van der Waals surface area (Å²) < 4.78 is 30.9. The van der Waals surface area contributed by atoms with E-state index in [1.165, 1.54) is 33.1 Å². The highest BCUT2D eigenvalue weighted by Crippen LogP contribution is 2.15. The van der Waals surface area contributed by atoms with Crippen molar-refractivity contribution in [3.63, 3.8) is 0 Å². The molecule has 0 aliphatic heterocycles. The summed E-state index contributed by atoms with van der Waals surface area (Å²) in [5, 5.41) is 0. The summed E-state index contributed by atoms with van der Waals surface area (Å²) in [5.41, 5.74) is 0. The van der Waals surface area contributed by atoms with E-state index in [0.29, 0.717) is 5.75 Å². The van der Waals surface area contributed by atoms with E-state index in [2.05, 4.69) is 4.72 Å². The lowest BCUT2D eigenvalue weighted by atomic mass is 10.3. The Bertz CT molecular complexity index is 493. The summed E-state index contributed by atoms with van der Waals surface area (Å²) in [5.74, 6) is 0.339. The van der Waals surface area contributed by atoms with Crippen molar-refractivity contribution in [1.29, 1.82) is 0 Å². The normalized spacial score (nSPS) is 13.1. The third-order valence-electron chi connectivity index (χ3n) is 2.31. The molecule has 5 nitrogen and oxygen atoms in total. The molecule has 0 radical (unpaired) electrons. The van der Waals surface area contributed by atoms with Crippen LogP contribution in [0.2, 0.25) is 0 Å². The maximum absolute atomic E-state index is 11.8. The van der Waals surface area contributed by atoms with E-state index >= 15 is 0 Å². The molecule has 0 spiro atoms. The van der Waals surface area contributed by atoms with Gasteiger partial charge in [-0.3, -0.25) is 4.79 Å². The van der Waals surface area contributed by atoms with E-state index in [1.54, 1.807) is 12.1 Å². The molecule has 0 saturated carbocycles. The maximum atomic E-state index is 11.8. The first kappa shape index (κ1) is 13.7. The molecule has 0 amide bonds. The molecule has 0 aliphatic carbocycles. The first-order valence-corrected chi connectivity index (χ1v) is 6.52. The molecule has 1 atom stereocenters. The Morgan fingerprint density at radius 1 is 1.29 bits per heavy atom. The Morgan fingerprint density at radius 3 is 2.24 bits per heavy atom. The number of hydrogen-bond donors (Lipinski definition) is 1. The zero-order valence-corrected chi connectivity index (χ0v) is 10.7. The van der Waals surface area contributed by atoms with E-state index in [0.717, 1.165) is 0 Å². The second-order valence-corrected chi connectivity index (χ2v) is 5.34. The molecule has 17 heavy (non-hydrogen) atoms. The summed E-state index contributed by atoms with van der Waals surface area (Å²) in [7, 11) is -2.16. The smallest absolute Gasteiger partial charge is 0.241 e. The molecule has 0 fully saturated rings. The maximum Gasteiger partial charge on any atom is 0.241 e. The molecule has 0 aromatic heterocycles. The number of carbonyl (C=O) groups is 1. The zero-order valence-electron chi connectivity index (χ0n) is 9.93. The van der Waals surface area contributed by atoms with Crippen LogP contribution in [0.15, 0.2) is 29.2 Å². The van der Waals surface area contributed by atoms with Crippen LogP contribution in [-0.4, -0.2) is 27.4 Å². The fourth-order valence-electron chi connectivity index (χ4n) is 1.14. The standard InChI is InChI=1S/C11H15NO4S/c1-8(9(2)13)12-17(14,15)11-6-4-10(16-3)5-7-11/h4-8,12H,1-3H3. The molecule has 0 heterocycles. The third kappa shape index (κ3) is 3.54. The second kappa shape index (κ2) is 5.29. The van der Waals surface area contributed by atoms with Gasteiger partial charge in [-0.05, 0) is 38.1 Å². The number of ether oxygens (including phenoxy) is 1. The molecule has 0 saturated heterocycles. The Labute approximate surface area is 101 Å².